The summed E-state index contributed by atoms with van der Waals surface area (Å²) in [7, 11) is 0. The number of hydrazine groups is 1. The van der Waals surface area contributed by atoms with Gasteiger partial charge in [-0.3, -0.25) is 10.2 Å². The van der Waals surface area contributed by atoms with Gasteiger partial charge in [-0.1, -0.05) is 18.2 Å². The molecule has 0 saturated heterocycles. The predicted molar refractivity (Wildman–Crippen MR) is 63.6 cm³/mol. The molecule has 0 aliphatic carbocycles. The van der Waals surface area contributed by atoms with Gasteiger partial charge >= 0.3 is 0 Å². The summed E-state index contributed by atoms with van der Waals surface area (Å²) in [6.07, 6.45) is 0.399. The Morgan fingerprint density at radius 3 is 2.94 bits per heavy atom. The first kappa shape index (κ1) is 10.7. The van der Waals surface area contributed by atoms with Gasteiger partial charge in [0.15, 0.2) is 0 Å². The van der Waals surface area contributed by atoms with E-state index in [2.05, 4.69) is 28.2 Å². The lowest BCUT2D eigenvalue weighted by molar-refractivity contribution is -0.121. The van der Waals surface area contributed by atoms with Crippen LogP contribution in [0.3, 0.4) is 0 Å². The molecule has 0 spiro atoms. The van der Waals surface area contributed by atoms with Crippen LogP contribution in [0.15, 0.2) is 30.3 Å². The minimum atomic E-state index is -0.141. The fourth-order valence-electron chi connectivity index (χ4n) is 1.93. The topological polar surface area (TPSA) is 60.0 Å². The van der Waals surface area contributed by atoms with Crippen molar-refractivity contribution in [3.05, 3.63) is 36.0 Å². The summed E-state index contributed by atoms with van der Waals surface area (Å²) in [6.45, 7) is 2.70. The number of nitrogens with two attached hydrogens (primary N) is 1. The fourth-order valence-corrected chi connectivity index (χ4v) is 1.93. The molecule has 0 unspecified atom stereocenters. The maximum atomic E-state index is 11.1. The molecule has 0 aliphatic rings. The van der Waals surface area contributed by atoms with Crippen LogP contribution in [0.5, 0.6) is 0 Å². The Hall–Kier alpha value is -1.81. The van der Waals surface area contributed by atoms with Crippen molar-refractivity contribution in [2.75, 3.05) is 0 Å². The third kappa shape index (κ3) is 1.92. The summed E-state index contributed by atoms with van der Waals surface area (Å²) in [4.78, 5) is 11.1. The molecule has 84 valence electrons. The number of carbonyl (C=O) groups is 1. The predicted octanol–water partition coefficient (Wildman–Crippen LogP) is 1.33. The van der Waals surface area contributed by atoms with Crippen LogP contribution in [0.2, 0.25) is 0 Å². The number of fused-ring (bicyclic) bond motifs is 1. The number of para-hydroxylation sites is 1. The van der Waals surface area contributed by atoms with Crippen molar-refractivity contribution in [1.29, 1.82) is 0 Å². The molecule has 2 rings (SSSR count). The molecule has 1 heterocycles. The molecule has 1 amide bonds. The van der Waals surface area contributed by atoms with Gasteiger partial charge in [0.25, 0.3) is 0 Å². The molecule has 0 bridgehead atoms. The first-order valence-corrected chi connectivity index (χ1v) is 5.26. The lowest BCUT2D eigenvalue weighted by atomic mass is 10.2. The molecule has 4 nitrogen and oxygen atoms in total. The first-order valence-electron chi connectivity index (χ1n) is 5.26. The minimum absolute atomic E-state index is 0.141. The second-order valence-electron chi connectivity index (χ2n) is 3.81. The maximum Gasteiger partial charge on any atom is 0.235 e. The largest absolute Gasteiger partial charge is 0.344 e. The summed E-state index contributed by atoms with van der Waals surface area (Å²) < 4.78 is 2.13. The smallest absolute Gasteiger partial charge is 0.235 e. The molecule has 0 aliphatic heterocycles. The Balaban J connectivity index is 2.29. The van der Waals surface area contributed by atoms with E-state index < -0.39 is 0 Å². The van der Waals surface area contributed by atoms with Gasteiger partial charge in [0.1, 0.15) is 0 Å². The highest BCUT2D eigenvalue weighted by atomic mass is 16.2. The van der Waals surface area contributed by atoms with Gasteiger partial charge in [0.2, 0.25) is 5.91 Å². The van der Waals surface area contributed by atoms with Gasteiger partial charge < -0.3 is 4.57 Å². The van der Waals surface area contributed by atoms with Crippen molar-refractivity contribution in [3.63, 3.8) is 0 Å². The number of amides is 1. The van der Waals surface area contributed by atoms with E-state index in [9.17, 15) is 4.79 Å². The van der Waals surface area contributed by atoms with Gasteiger partial charge in [-0.25, -0.2) is 5.84 Å². The molecule has 1 aromatic heterocycles. The molecule has 4 heteroatoms. The van der Waals surface area contributed by atoms with Gasteiger partial charge in [0.05, 0.1) is 0 Å². The summed E-state index contributed by atoms with van der Waals surface area (Å²) in [6, 6.07) is 10.3. The van der Waals surface area contributed by atoms with Gasteiger partial charge in [-0.2, -0.15) is 0 Å². The number of hydrogen-bond acceptors (Lipinski definition) is 2. The Bertz CT molecular complexity index is 516. The number of benzene rings is 1. The summed E-state index contributed by atoms with van der Waals surface area (Å²) in [5.74, 6) is 4.91. The van der Waals surface area contributed by atoms with Crippen molar-refractivity contribution in [2.45, 2.75) is 19.9 Å². The molecular weight excluding hydrogens is 202 g/mol. The van der Waals surface area contributed by atoms with Crippen LogP contribution in [0.4, 0.5) is 0 Å². The number of aryl methyl sites for hydroxylation is 2. The normalized spacial score (nSPS) is 10.6. The summed E-state index contributed by atoms with van der Waals surface area (Å²) >= 11 is 0. The van der Waals surface area contributed by atoms with E-state index in [1.54, 1.807) is 0 Å². The van der Waals surface area contributed by atoms with Crippen LogP contribution in [0.25, 0.3) is 10.9 Å². The molecule has 0 atom stereocenters. The highest BCUT2D eigenvalue weighted by Gasteiger charge is 2.06. The van der Waals surface area contributed by atoms with E-state index >= 15 is 0 Å². The van der Waals surface area contributed by atoms with Gasteiger partial charge in [-0.15, -0.1) is 0 Å². The highest BCUT2D eigenvalue weighted by Crippen LogP contribution is 2.19. The third-order valence-electron chi connectivity index (χ3n) is 2.74. The number of nitrogens with zero attached hydrogens (tertiary/aromatic N) is 1. The second kappa shape index (κ2) is 4.37. The fraction of sp³-hybridized carbons (Fsp3) is 0.250. The highest BCUT2D eigenvalue weighted by molar-refractivity contribution is 5.81. The number of nitrogens with one attached hydrogen (secondary N) is 1. The number of hydrogen-bond donors (Lipinski definition) is 2. The third-order valence-corrected chi connectivity index (χ3v) is 2.74. The molecule has 1 aromatic carbocycles. The monoisotopic (exact) mass is 217 g/mol. The Labute approximate surface area is 94.0 Å². The van der Waals surface area contributed by atoms with Crippen LogP contribution in [0, 0.1) is 6.92 Å². The van der Waals surface area contributed by atoms with Crippen molar-refractivity contribution >= 4 is 16.8 Å². The van der Waals surface area contributed by atoms with Crippen LogP contribution < -0.4 is 11.3 Å². The zero-order valence-electron chi connectivity index (χ0n) is 9.23. The standard InChI is InChI=1S/C12H15N3O/c1-9-8-10-4-2-3-5-11(10)15(9)7-6-12(16)14-13/h2-5,8H,6-7,13H2,1H3,(H,14,16). The number of rotatable bonds is 3. The maximum absolute atomic E-state index is 11.1. The summed E-state index contributed by atoms with van der Waals surface area (Å²) in [5, 5.41) is 1.20. The molecule has 2 aromatic rings. The molecule has 16 heavy (non-hydrogen) atoms. The quantitative estimate of drug-likeness (QED) is 0.463. The van der Waals surface area contributed by atoms with E-state index in [-0.39, 0.29) is 5.91 Å². The average Bonchev–Trinajstić information content (AvgIpc) is 2.62. The zero-order chi connectivity index (χ0) is 11.5. The van der Waals surface area contributed by atoms with E-state index in [4.69, 9.17) is 5.84 Å². The Kier molecular flexibility index (Phi) is 2.92. The molecule has 0 fully saturated rings. The average molecular weight is 217 g/mol. The van der Waals surface area contributed by atoms with Crippen LogP contribution in [0.1, 0.15) is 12.1 Å². The molecule has 0 saturated carbocycles. The van der Waals surface area contributed by atoms with Crippen LogP contribution >= 0.6 is 0 Å². The van der Waals surface area contributed by atoms with E-state index in [0.717, 1.165) is 11.2 Å². The van der Waals surface area contributed by atoms with E-state index in [0.29, 0.717) is 13.0 Å². The van der Waals surface area contributed by atoms with Gasteiger partial charge in [0, 0.05) is 24.2 Å². The van der Waals surface area contributed by atoms with Gasteiger partial charge in [-0.05, 0) is 24.4 Å². The van der Waals surface area contributed by atoms with Crippen molar-refractivity contribution < 1.29 is 4.79 Å². The molecule has 0 radical (unpaired) electrons. The SMILES string of the molecule is Cc1cc2ccccc2n1CCC(=O)NN. The molecule has 3 N–H and O–H groups in total. The number of carbonyl (C=O) groups excluding carboxylic acids is 1. The van der Waals surface area contributed by atoms with Crippen LogP contribution in [-0.2, 0) is 11.3 Å². The number of aromatic nitrogens is 1. The lowest BCUT2D eigenvalue weighted by Crippen LogP contribution is -2.30. The lowest BCUT2D eigenvalue weighted by Gasteiger charge is -2.07. The second-order valence-corrected chi connectivity index (χ2v) is 3.81. The van der Waals surface area contributed by atoms with Crippen molar-refractivity contribution in [2.24, 2.45) is 5.84 Å². The zero-order valence-corrected chi connectivity index (χ0v) is 9.23. The van der Waals surface area contributed by atoms with Crippen molar-refractivity contribution in [1.82, 2.24) is 9.99 Å². The molecular formula is C12H15N3O. The van der Waals surface area contributed by atoms with E-state index in [1.807, 2.05) is 19.1 Å². The Morgan fingerprint density at radius 2 is 2.19 bits per heavy atom. The van der Waals surface area contributed by atoms with Crippen LogP contribution in [-0.4, -0.2) is 10.5 Å². The first-order chi connectivity index (χ1) is 7.72. The Morgan fingerprint density at radius 1 is 1.44 bits per heavy atom. The van der Waals surface area contributed by atoms with E-state index in [1.165, 1.54) is 5.39 Å². The summed E-state index contributed by atoms with van der Waals surface area (Å²) in [5.41, 5.74) is 4.46. The van der Waals surface area contributed by atoms with Crippen molar-refractivity contribution in [3.8, 4) is 0 Å². The minimum Gasteiger partial charge on any atom is -0.344 e.